The number of benzene rings is 1. The molecule has 1 aromatic carbocycles. The summed E-state index contributed by atoms with van der Waals surface area (Å²) in [4.78, 5) is 31.8. The third-order valence-corrected chi connectivity index (χ3v) is 5.57. The lowest BCUT2D eigenvalue weighted by atomic mass is 10.0. The number of likely N-dealkylation sites (tertiary alicyclic amines) is 1. The molecule has 3 heterocycles. The van der Waals surface area contributed by atoms with Crippen LogP contribution in [0.2, 0.25) is 0 Å². The highest BCUT2D eigenvalue weighted by atomic mass is 16.2. The molecule has 1 atom stereocenters. The van der Waals surface area contributed by atoms with E-state index >= 15 is 0 Å². The fourth-order valence-electron chi connectivity index (χ4n) is 4.06. The molecular weight excluding hydrogens is 390 g/mol. The second-order valence-electron chi connectivity index (χ2n) is 7.97. The molecule has 0 saturated carbocycles. The lowest BCUT2D eigenvalue weighted by Gasteiger charge is -2.34. The monoisotopic (exact) mass is 417 g/mol. The van der Waals surface area contributed by atoms with Crippen molar-refractivity contribution in [2.45, 2.75) is 45.6 Å². The molecule has 31 heavy (non-hydrogen) atoms. The van der Waals surface area contributed by atoms with Crippen LogP contribution >= 0.6 is 0 Å². The fourth-order valence-corrected chi connectivity index (χ4v) is 4.06. The molecule has 0 bridgehead atoms. The number of hydrogen-bond donors (Lipinski definition) is 1. The standard InChI is InChI=1S/C24H27N5O2/c1-17-15-18(2)29(27-17)21-11-9-19(10-12-21)26-24(31)22-8-4-6-14-28(22)23(30)16-20-7-3-5-13-25-20/h3,5,7,9-13,15,22H,4,6,8,14,16H2,1-2H3,(H,26,31)/t22-/m0/s1. The largest absolute Gasteiger partial charge is 0.330 e. The molecule has 0 spiro atoms. The number of carbonyl (C=O) groups is 2. The van der Waals surface area contributed by atoms with Gasteiger partial charge in [0.15, 0.2) is 0 Å². The summed E-state index contributed by atoms with van der Waals surface area (Å²) in [5, 5.41) is 7.47. The smallest absolute Gasteiger partial charge is 0.247 e. The van der Waals surface area contributed by atoms with Gasteiger partial charge in [-0.25, -0.2) is 4.68 Å². The molecule has 7 nitrogen and oxygen atoms in total. The van der Waals surface area contributed by atoms with Gasteiger partial charge in [-0.2, -0.15) is 5.10 Å². The van der Waals surface area contributed by atoms with Gasteiger partial charge in [0.1, 0.15) is 6.04 Å². The van der Waals surface area contributed by atoms with Crippen LogP contribution in [0.4, 0.5) is 5.69 Å². The second-order valence-corrected chi connectivity index (χ2v) is 7.97. The predicted molar refractivity (Wildman–Crippen MR) is 119 cm³/mol. The van der Waals surface area contributed by atoms with Gasteiger partial charge in [-0.05, 0) is 75.6 Å². The Morgan fingerprint density at radius 1 is 1.10 bits per heavy atom. The average molecular weight is 418 g/mol. The van der Waals surface area contributed by atoms with E-state index < -0.39 is 6.04 Å². The highest BCUT2D eigenvalue weighted by Gasteiger charge is 2.32. The lowest BCUT2D eigenvalue weighted by Crippen LogP contribution is -2.50. The number of nitrogens with zero attached hydrogens (tertiary/aromatic N) is 4. The number of hydrogen-bond acceptors (Lipinski definition) is 4. The molecule has 3 aromatic rings. The Kier molecular flexibility index (Phi) is 6.11. The second kappa shape index (κ2) is 9.12. The Bertz CT molecular complexity index is 1060. The maximum Gasteiger partial charge on any atom is 0.247 e. The summed E-state index contributed by atoms with van der Waals surface area (Å²) >= 11 is 0. The molecule has 2 aromatic heterocycles. The number of nitrogens with one attached hydrogen (secondary N) is 1. The number of rotatable bonds is 5. The van der Waals surface area contributed by atoms with Crippen molar-refractivity contribution < 1.29 is 9.59 Å². The predicted octanol–water partition coefficient (Wildman–Crippen LogP) is 3.45. The van der Waals surface area contributed by atoms with Crippen molar-refractivity contribution in [3.8, 4) is 5.69 Å². The van der Waals surface area contributed by atoms with Gasteiger partial charge in [0, 0.05) is 29.8 Å². The van der Waals surface area contributed by atoms with Crippen molar-refractivity contribution >= 4 is 17.5 Å². The number of anilines is 1. The number of pyridine rings is 1. The van der Waals surface area contributed by atoms with E-state index in [1.54, 1.807) is 11.1 Å². The first-order valence-electron chi connectivity index (χ1n) is 10.7. The SMILES string of the molecule is Cc1cc(C)n(-c2ccc(NC(=O)[C@@H]3CCCCN3C(=O)Cc3ccccn3)cc2)n1. The highest BCUT2D eigenvalue weighted by Crippen LogP contribution is 2.21. The third-order valence-electron chi connectivity index (χ3n) is 5.57. The van der Waals surface area contributed by atoms with Crippen LogP contribution in [0.1, 0.15) is 36.3 Å². The van der Waals surface area contributed by atoms with Crippen LogP contribution in [0.3, 0.4) is 0 Å². The van der Waals surface area contributed by atoms with Gasteiger partial charge in [0.25, 0.3) is 0 Å². The molecule has 1 aliphatic rings. The minimum absolute atomic E-state index is 0.0570. The summed E-state index contributed by atoms with van der Waals surface area (Å²) in [5.74, 6) is -0.202. The van der Waals surface area contributed by atoms with E-state index in [0.717, 1.165) is 35.6 Å². The number of carbonyl (C=O) groups excluding carboxylic acids is 2. The van der Waals surface area contributed by atoms with Crippen molar-refractivity contribution in [2.24, 2.45) is 0 Å². The van der Waals surface area contributed by atoms with Gasteiger partial charge in [-0.15, -0.1) is 0 Å². The van der Waals surface area contributed by atoms with Gasteiger partial charge in [-0.3, -0.25) is 14.6 Å². The summed E-state index contributed by atoms with van der Waals surface area (Å²) in [6, 6.07) is 14.7. The Morgan fingerprint density at radius 2 is 1.90 bits per heavy atom. The van der Waals surface area contributed by atoms with Crippen LogP contribution < -0.4 is 5.32 Å². The first-order valence-corrected chi connectivity index (χ1v) is 10.7. The topological polar surface area (TPSA) is 80.1 Å². The van der Waals surface area contributed by atoms with Crippen molar-refractivity contribution in [1.29, 1.82) is 0 Å². The summed E-state index contributed by atoms with van der Waals surface area (Å²) in [5.41, 5.74) is 4.38. The van der Waals surface area contributed by atoms with E-state index in [1.807, 2.05) is 67.1 Å². The minimum Gasteiger partial charge on any atom is -0.330 e. The summed E-state index contributed by atoms with van der Waals surface area (Å²) in [6.07, 6.45) is 4.40. The Labute approximate surface area is 182 Å². The molecule has 1 N–H and O–H groups in total. The van der Waals surface area contributed by atoms with Crippen LogP contribution in [0.25, 0.3) is 5.69 Å². The van der Waals surface area contributed by atoms with E-state index in [0.29, 0.717) is 18.7 Å². The van der Waals surface area contributed by atoms with E-state index in [1.165, 1.54) is 0 Å². The van der Waals surface area contributed by atoms with E-state index in [2.05, 4.69) is 15.4 Å². The molecule has 0 unspecified atom stereocenters. The van der Waals surface area contributed by atoms with Gasteiger partial charge in [-0.1, -0.05) is 6.07 Å². The number of aromatic nitrogens is 3. The third kappa shape index (κ3) is 4.82. The van der Waals surface area contributed by atoms with Gasteiger partial charge in [0.2, 0.25) is 11.8 Å². The Balaban J connectivity index is 1.43. The maximum atomic E-state index is 13.0. The van der Waals surface area contributed by atoms with E-state index in [4.69, 9.17) is 0 Å². The number of aryl methyl sites for hydroxylation is 2. The van der Waals surface area contributed by atoms with E-state index in [-0.39, 0.29) is 18.2 Å². The summed E-state index contributed by atoms with van der Waals surface area (Å²) in [6.45, 7) is 4.57. The molecule has 1 aliphatic heterocycles. The zero-order chi connectivity index (χ0) is 21.8. The quantitative estimate of drug-likeness (QED) is 0.690. The maximum absolute atomic E-state index is 13.0. The molecule has 2 amide bonds. The summed E-state index contributed by atoms with van der Waals surface area (Å²) < 4.78 is 1.88. The summed E-state index contributed by atoms with van der Waals surface area (Å²) in [7, 11) is 0. The highest BCUT2D eigenvalue weighted by molar-refractivity contribution is 5.97. The van der Waals surface area contributed by atoms with Crippen LogP contribution in [0.15, 0.2) is 54.7 Å². The zero-order valence-electron chi connectivity index (χ0n) is 17.9. The zero-order valence-corrected chi connectivity index (χ0v) is 17.9. The minimum atomic E-state index is -0.458. The first kappa shape index (κ1) is 20.8. The van der Waals surface area contributed by atoms with Crippen molar-refractivity contribution in [3.63, 3.8) is 0 Å². The molecule has 7 heteroatoms. The van der Waals surface area contributed by atoms with E-state index in [9.17, 15) is 9.59 Å². The van der Waals surface area contributed by atoms with Crippen LogP contribution in [0, 0.1) is 13.8 Å². The molecule has 0 radical (unpaired) electrons. The molecule has 4 rings (SSSR count). The van der Waals surface area contributed by atoms with Crippen molar-refractivity contribution in [2.75, 3.05) is 11.9 Å². The Hall–Kier alpha value is -3.48. The van der Waals surface area contributed by atoms with Gasteiger partial charge < -0.3 is 10.2 Å². The lowest BCUT2D eigenvalue weighted by molar-refractivity contribution is -0.139. The number of piperidine rings is 1. The van der Waals surface area contributed by atoms with Crippen molar-refractivity contribution in [1.82, 2.24) is 19.7 Å². The fraction of sp³-hybridized carbons (Fsp3) is 0.333. The molecule has 160 valence electrons. The Morgan fingerprint density at radius 3 is 2.58 bits per heavy atom. The van der Waals surface area contributed by atoms with Crippen LogP contribution in [-0.2, 0) is 16.0 Å². The number of amides is 2. The van der Waals surface area contributed by atoms with Gasteiger partial charge in [0.05, 0.1) is 17.8 Å². The molecule has 1 fully saturated rings. The van der Waals surface area contributed by atoms with Crippen LogP contribution in [-0.4, -0.2) is 44.1 Å². The molecule has 0 aliphatic carbocycles. The molecule has 1 saturated heterocycles. The average Bonchev–Trinajstić information content (AvgIpc) is 3.12. The van der Waals surface area contributed by atoms with Gasteiger partial charge >= 0.3 is 0 Å². The van der Waals surface area contributed by atoms with Crippen molar-refractivity contribution in [3.05, 3.63) is 71.8 Å². The molecular formula is C24H27N5O2. The normalized spacial score (nSPS) is 16.2. The van der Waals surface area contributed by atoms with Crippen LogP contribution in [0.5, 0.6) is 0 Å². The first-order chi connectivity index (χ1) is 15.0.